The lowest BCUT2D eigenvalue weighted by atomic mass is 10.2. The maximum atomic E-state index is 12.8. The van der Waals surface area contributed by atoms with E-state index in [1.54, 1.807) is 7.11 Å². The molecule has 1 amide bonds. The molecular formula is C20H24N6O3. The first-order chi connectivity index (χ1) is 14.1. The molecule has 3 N–H and O–H groups in total. The number of hydrogen-bond acceptors (Lipinski definition) is 7. The van der Waals surface area contributed by atoms with Crippen molar-refractivity contribution in [3.8, 4) is 5.75 Å². The van der Waals surface area contributed by atoms with Crippen LogP contribution in [0.15, 0.2) is 30.6 Å². The van der Waals surface area contributed by atoms with Gasteiger partial charge in [-0.1, -0.05) is 6.07 Å². The van der Waals surface area contributed by atoms with E-state index in [2.05, 4.69) is 25.9 Å². The molecule has 3 heterocycles. The highest BCUT2D eigenvalue weighted by molar-refractivity contribution is 5.94. The molecule has 1 atom stereocenters. The molecule has 1 aliphatic rings. The molecule has 9 nitrogen and oxygen atoms in total. The van der Waals surface area contributed by atoms with E-state index in [1.165, 1.54) is 10.9 Å². The summed E-state index contributed by atoms with van der Waals surface area (Å²) in [7, 11) is 1.62. The van der Waals surface area contributed by atoms with E-state index in [-0.39, 0.29) is 12.1 Å². The highest BCUT2D eigenvalue weighted by atomic mass is 16.5. The average molecular weight is 396 g/mol. The Morgan fingerprint density at radius 1 is 1.38 bits per heavy atom. The van der Waals surface area contributed by atoms with Crippen molar-refractivity contribution in [3.63, 3.8) is 0 Å². The predicted octanol–water partition coefficient (Wildman–Crippen LogP) is 3.09. The smallest absolute Gasteiger partial charge is 0.328 e. The summed E-state index contributed by atoms with van der Waals surface area (Å²) in [4.78, 5) is 21.8. The molecule has 0 radical (unpaired) electrons. The zero-order valence-corrected chi connectivity index (χ0v) is 16.7. The van der Waals surface area contributed by atoms with Crippen LogP contribution in [0.1, 0.15) is 19.4 Å². The first kappa shape index (κ1) is 19.0. The summed E-state index contributed by atoms with van der Waals surface area (Å²) >= 11 is 0. The number of anilines is 3. The van der Waals surface area contributed by atoms with Crippen molar-refractivity contribution < 1.29 is 14.3 Å². The zero-order chi connectivity index (χ0) is 20.4. The van der Waals surface area contributed by atoms with Crippen molar-refractivity contribution in [2.24, 2.45) is 0 Å². The average Bonchev–Trinajstić information content (AvgIpc) is 3.12. The third-order valence-corrected chi connectivity index (χ3v) is 4.62. The van der Waals surface area contributed by atoms with Gasteiger partial charge in [0.1, 0.15) is 23.4 Å². The quantitative estimate of drug-likeness (QED) is 0.625. The Balaban J connectivity index is 1.88. The van der Waals surface area contributed by atoms with Crippen LogP contribution in [0, 0.1) is 0 Å². The Labute approximate surface area is 168 Å². The number of rotatable bonds is 3. The molecule has 0 saturated heterocycles. The number of ether oxygens (including phenoxy) is 2. The van der Waals surface area contributed by atoms with E-state index >= 15 is 0 Å². The molecule has 9 heteroatoms. The highest BCUT2D eigenvalue weighted by Gasteiger charge is 2.18. The minimum Gasteiger partial charge on any atom is -0.495 e. The Hall–Kier alpha value is -3.33. The zero-order valence-electron chi connectivity index (χ0n) is 16.7. The topological polar surface area (TPSA) is 102 Å². The fraction of sp³-hybridized carbons (Fsp3) is 0.350. The molecule has 152 valence electrons. The monoisotopic (exact) mass is 396 g/mol. The van der Waals surface area contributed by atoms with Crippen molar-refractivity contribution >= 4 is 34.4 Å². The molecule has 1 aromatic carbocycles. The van der Waals surface area contributed by atoms with Gasteiger partial charge in [-0.25, -0.2) is 19.3 Å². The van der Waals surface area contributed by atoms with Crippen LogP contribution in [0.25, 0.3) is 11.2 Å². The number of benzene rings is 1. The summed E-state index contributed by atoms with van der Waals surface area (Å²) in [5.74, 6) is 1.26. The number of fused-ring (bicyclic) bond motifs is 3. The van der Waals surface area contributed by atoms with E-state index in [9.17, 15) is 4.79 Å². The van der Waals surface area contributed by atoms with Crippen molar-refractivity contribution in [3.05, 3.63) is 36.2 Å². The molecule has 0 saturated carbocycles. The Kier molecular flexibility index (Phi) is 5.22. The second-order valence-corrected chi connectivity index (χ2v) is 6.90. The number of aromatic nitrogens is 3. The SMILES string of the molecule is CCNc1cc2nc3c1ncn3C(=O)N[C@H](C)COCc1ccc(OC)c(c1)N2. The second-order valence-electron chi connectivity index (χ2n) is 6.90. The lowest BCUT2D eigenvalue weighted by Crippen LogP contribution is -2.38. The van der Waals surface area contributed by atoms with Crippen LogP contribution in [0.2, 0.25) is 0 Å². The fourth-order valence-corrected chi connectivity index (χ4v) is 3.28. The number of pyridine rings is 1. The van der Waals surface area contributed by atoms with Crippen LogP contribution >= 0.6 is 0 Å². The van der Waals surface area contributed by atoms with Gasteiger partial charge in [-0.2, -0.15) is 0 Å². The Morgan fingerprint density at radius 3 is 3.03 bits per heavy atom. The van der Waals surface area contributed by atoms with Crippen LogP contribution in [0.5, 0.6) is 5.75 Å². The van der Waals surface area contributed by atoms with Gasteiger partial charge in [-0.15, -0.1) is 0 Å². The Morgan fingerprint density at radius 2 is 2.24 bits per heavy atom. The number of hydrogen-bond donors (Lipinski definition) is 3. The van der Waals surface area contributed by atoms with Gasteiger partial charge >= 0.3 is 6.03 Å². The van der Waals surface area contributed by atoms with Crippen LogP contribution in [0.3, 0.4) is 0 Å². The van der Waals surface area contributed by atoms with E-state index in [1.807, 2.05) is 38.1 Å². The van der Waals surface area contributed by atoms with Crippen LogP contribution in [0.4, 0.5) is 22.0 Å². The van der Waals surface area contributed by atoms with Crippen LogP contribution < -0.4 is 20.7 Å². The lowest BCUT2D eigenvalue weighted by Gasteiger charge is -2.17. The molecule has 4 rings (SSSR count). The summed E-state index contributed by atoms with van der Waals surface area (Å²) in [5, 5.41) is 9.53. The number of nitrogens with zero attached hydrogens (tertiary/aromatic N) is 3. The Bertz CT molecular complexity index is 1050. The molecule has 0 aliphatic carbocycles. The first-order valence-corrected chi connectivity index (χ1v) is 9.53. The molecule has 1 aliphatic heterocycles. The van der Waals surface area contributed by atoms with Crippen molar-refractivity contribution in [2.75, 3.05) is 30.9 Å². The van der Waals surface area contributed by atoms with Crippen molar-refractivity contribution in [1.29, 1.82) is 0 Å². The van der Waals surface area contributed by atoms with Gasteiger partial charge in [0.15, 0.2) is 5.65 Å². The van der Waals surface area contributed by atoms with Crippen molar-refractivity contribution in [2.45, 2.75) is 26.5 Å². The summed E-state index contributed by atoms with van der Waals surface area (Å²) in [6, 6.07) is 7.22. The summed E-state index contributed by atoms with van der Waals surface area (Å²) in [5.41, 5.74) is 3.64. The standard InChI is InChI=1S/C20H24N6O3/c1-4-21-15-8-17-24-14-7-13(5-6-16(14)28-3)10-29-9-12(2)23-20(27)26-11-22-18(15)19(26)25-17/h5-8,11-12H,4,9-10H2,1-3H3,(H,23,27)(H2,21,24,25)/t12-/m1/s1. The first-order valence-electron chi connectivity index (χ1n) is 9.53. The molecule has 0 fully saturated rings. The molecule has 0 unspecified atom stereocenters. The molecule has 2 aromatic heterocycles. The molecule has 0 spiro atoms. The normalized spacial score (nSPS) is 16.8. The predicted molar refractivity (Wildman–Crippen MR) is 111 cm³/mol. The van der Waals surface area contributed by atoms with E-state index in [0.717, 1.165) is 16.9 Å². The van der Waals surface area contributed by atoms with Gasteiger partial charge in [-0.05, 0) is 31.5 Å². The second kappa shape index (κ2) is 7.96. The number of methoxy groups -OCH3 is 1. The third-order valence-electron chi connectivity index (χ3n) is 4.62. The van der Waals surface area contributed by atoms with Gasteiger partial charge in [0.2, 0.25) is 0 Å². The van der Waals surface area contributed by atoms with Gasteiger partial charge in [0.05, 0.1) is 37.7 Å². The van der Waals surface area contributed by atoms with Gasteiger partial charge in [0, 0.05) is 12.6 Å². The maximum absolute atomic E-state index is 12.8. The fourth-order valence-electron chi connectivity index (χ4n) is 3.28. The minimum absolute atomic E-state index is 0.171. The van der Waals surface area contributed by atoms with E-state index in [0.29, 0.717) is 42.5 Å². The highest BCUT2D eigenvalue weighted by Crippen LogP contribution is 2.31. The summed E-state index contributed by atoms with van der Waals surface area (Å²) in [6.45, 7) is 5.42. The minimum atomic E-state index is -0.302. The molecule has 29 heavy (non-hydrogen) atoms. The number of nitrogens with one attached hydrogen (secondary N) is 3. The van der Waals surface area contributed by atoms with Gasteiger partial charge < -0.3 is 25.4 Å². The largest absolute Gasteiger partial charge is 0.495 e. The van der Waals surface area contributed by atoms with Crippen molar-refractivity contribution in [1.82, 2.24) is 19.9 Å². The molecular weight excluding hydrogens is 372 g/mol. The number of carbonyl (C=O) groups excluding carboxylic acids is 1. The van der Waals surface area contributed by atoms with E-state index < -0.39 is 0 Å². The summed E-state index contributed by atoms with van der Waals surface area (Å²) in [6.07, 6.45) is 1.48. The maximum Gasteiger partial charge on any atom is 0.328 e. The number of imidazole rings is 1. The van der Waals surface area contributed by atoms with Gasteiger partial charge in [0.25, 0.3) is 0 Å². The lowest BCUT2D eigenvalue weighted by molar-refractivity contribution is 0.104. The van der Waals surface area contributed by atoms with Crippen LogP contribution in [-0.2, 0) is 11.3 Å². The summed E-state index contributed by atoms with van der Waals surface area (Å²) < 4.78 is 12.7. The molecule has 4 bridgehead atoms. The van der Waals surface area contributed by atoms with Gasteiger partial charge in [-0.3, -0.25) is 0 Å². The number of carbonyl (C=O) groups is 1. The van der Waals surface area contributed by atoms with E-state index in [4.69, 9.17) is 9.47 Å². The third kappa shape index (κ3) is 3.81. The molecule has 3 aromatic rings. The number of amides is 1. The van der Waals surface area contributed by atoms with Crippen LogP contribution in [-0.4, -0.2) is 46.9 Å².